The van der Waals surface area contributed by atoms with Crippen molar-refractivity contribution in [2.45, 2.75) is 123 Å². The third-order valence-electron chi connectivity index (χ3n) is 10.5. The second-order valence-electron chi connectivity index (χ2n) is 18.2. The summed E-state index contributed by atoms with van der Waals surface area (Å²) in [4.78, 5) is 119. The lowest BCUT2D eigenvalue weighted by Gasteiger charge is -2.30. The average Bonchev–Trinajstić information content (AvgIpc) is 3.26. The van der Waals surface area contributed by atoms with Crippen LogP contribution in [0, 0.1) is 23.7 Å². The van der Waals surface area contributed by atoms with E-state index < -0.39 is 120 Å². The van der Waals surface area contributed by atoms with E-state index in [1.807, 2.05) is 58.0 Å². The third kappa shape index (κ3) is 20.7. The number of aliphatic carboxylic acids is 1. The molecule has 0 bridgehead atoms. The van der Waals surface area contributed by atoms with E-state index in [2.05, 4.69) is 55.2 Å². The van der Waals surface area contributed by atoms with Gasteiger partial charge in [-0.25, -0.2) is 0 Å². The lowest BCUT2D eigenvalue weighted by Crippen LogP contribution is -2.62. The summed E-state index contributed by atoms with van der Waals surface area (Å²) in [6, 6.07) is 6.81. The van der Waals surface area contributed by atoms with Crippen LogP contribution in [-0.2, 0) is 56.0 Å². The number of carboxylic acid groups (broad SMARTS) is 1. The van der Waals surface area contributed by atoms with Gasteiger partial charge in [-0.15, -0.1) is 0 Å². The van der Waals surface area contributed by atoms with Crippen LogP contribution in [0.3, 0.4) is 0 Å². The van der Waals surface area contributed by atoms with Gasteiger partial charge in [0.25, 0.3) is 0 Å². The Hall–Kier alpha value is -6.22. The average molecular weight is 970 g/mol. The van der Waals surface area contributed by atoms with Crippen LogP contribution in [0.1, 0.15) is 79.4 Å². The summed E-state index contributed by atoms with van der Waals surface area (Å²) in [7, 11) is 0. The zero-order valence-electron chi connectivity index (χ0n) is 40.1. The summed E-state index contributed by atoms with van der Waals surface area (Å²) in [5.41, 5.74) is 7.58. The maximum atomic E-state index is 14.0. The summed E-state index contributed by atoms with van der Waals surface area (Å²) in [6.45, 7) is 12.9. The molecule has 2 aromatic rings. The minimum atomic E-state index is -1.34. The van der Waals surface area contributed by atoms with Gasteiger partial charge in [0.15, 0.2) is 0 Å². The van der Waals surface area contributed by atoms with Crippen molar-refractivity contribution >= 4 is 65.9 Å². The number of nitrogens with two attached hydrogens (primary N) is 1. The Morgan fingerprint density at radius 1 is 0.515 bits per heavy atom. The first kappa shape index (κ1) is 57.9. The highest BCUT2D eigenvalue weighted by molar-refractivity contribution is 7.80. The van der Waals surface area contributed by atoms with Crippen LogP contribution in [0.2, 0.25) is 0 Å². The molecule has 0 aliphatic heterocycles. The number of benzene rings is 2. The largest absolute Gasteiger partial charge is 0.508 e. The van der Waals surface area contributed by atoms with Crippen molar-refractivity contribution in [1.82, 2.24) is 42.5 Å². The third-order valence-corrected chi connectivity index (χ3v) is 10.9. The number of carbonyl (C=O) groups excluding carboxylic acids is 8. The normalized spacial score (nSPS) is 14.3. The summed E-state index contributed by atoms with van der Waals surface area (Å²) in [6.07, 6.45) is 0.571. The van der Waals surface area contributed by atoms with Crippen LogP contribution in [-0.4, -0.2) is 125 Å². The van der Waals surface area contributed by atoms with Crippen molar-refractivity contribution in [3.63, 3.8) is 0 Å². The van der Waals surface area contributed by atoms with Crippen molar-refractivity contribution < 1.29 is 53.4 Å². The minimum Gasteiger partial charge on any atom is -0.508 e. The van der Waals surface area contributed by atoms with Crippen LogP contribution in [0.4, 0.5) is 0 Å². The summed E-state index contributed by atoms with van der Waals surface area (Å²) >= 11 is 4.25. The molecule has 2 aromatic carbocycles. The highest BCUT2D eigenvalue weighted by Gasteiger charge is 2.36. The summed E-state index contributed by atoms with van der Waals surface area (Å²) in [5.74, 6) is -8.51. The van der Waals surface area contributed by atoms with Gasteiger partial charge in [0.1, 0.15) is 48.5 Å². The molecule has 0 aliphatic rings. The molecular weight excluding hydrogens is 899 g/mol. The van der Waals surface area contributed by atoms with Gasteiger partial charge < -0.3 is 58.5 Å². The van der Waals surface area contributed by atoms with Gasteiger partial charge in [0.2, 0.25) is 47.3 Å². The molecule has 0 saturated heterocycles. The van der Waals surface area contributed by atoms with E-state index in [0.29, 0.717) is 5.56 Å². The fourth-order valence-corrected chi connectivity index (χ4v) is 7.07. The molecule has 12 N–H and O–H groups in total. The summed E-state index contributed by atoms with van der Waals surface area (Å²) in [5, 5.41) is 39.1. The molecule has 21 heteroatoms. The van der Waals surface area contributed by atoms with Crippen LogP contribution in [0.25, 0.3) is 0 Å². The number of phenols is 1. The molecule has 0 heterocycles. The number of amides is 8. The maximum absolute atomic E-state index is 14.0. The van der Waals surface area contributed by atoms with E-state index in [0.717, 1.165) is 5.56 Å². The van der Waals surface area contributed by atoms with Crippen molar-refractivity contribution in [1.29, 1.82) is 0 Å². The van der Waals surface area contributed by atoms with Crippen LogP contribution in [0.5, 0.6) is 5.75 Å². The molecule has 20 nitrogen and oxygen atoms in total. The van der Waals surface area contributed by atoms with Crippen molar-refractivity contribution in [2.24, 2.45) is 29.4 Å². The molecule has 0 aliphatic carbocycles. The number of hydrogen-bond acceptors (Lipinski definition) is 12. The minimum absolute atomic E-state index is 0.0218. The smallest absolute Gasteiger partial charge is 0.322 e. The number of thiol groups is 1. The van der Waals surface area contributed by atoms with Gasteiger partial charge in [0, 0.05) is 12.2 Å². The fraction of sp³-hybridized carbons (Fsp3) is 0.553. The van der Waals surface area contributed by atoms with Gasteiger partial charge in [-0.2, -0.15) is 12.6 Å². The lowest BCUT2D eigenvalue weighted by atomic mass is 9.97. The molecule has 2 rings (SSSR count). The quantitative estimate of drug-likeness (QED) is 0.0505. The van der Waals surface area contributed by atoms with E-state index in [1.165, 1.54) is 24.3 Å². The molecule has 68 heavy (non-hydrogen) atoms. The monoisotopic (exact) mass is 969 g/mol. The SMILES string of the molecule is CC(C)CC(NC(=O)C(N)Cc1ccccc1)C(=O)NC(CC(C)C)C(=O)NC(C(=O)NC(C(=O)NC(CS)C(=O)NC(Cc1ccc(O)cc1)C(=O)NCC(=O)NCC(=O)O)C(C)C)C(C)C. The van der Waals surface area contributed by atoms with E-state index in [9.17, 15) is 48.3 Å². The number of nitrogens with one attached hydrogen (secondary N) is 8. The zero-order chi connectivity index (χ0) is 51.2. The fourth-order valence-electron chi connectivity index (χ4n) is 6.82. The van der Waals surface area contributed by atoms with Crippen LogP contribution < -0.4 is 48.3 Å². The van der Waals surface area contributed by atoms with Gasteiger partial charge in [-0.3, -0.25) is 43.2 Å². The number of carbonyl (C=O) groups is 9. The van der Waals surface area contributed by atoms with Crippen molar-refractivity contribution in [2.75, 3.05) is 18.8 Å². The van der Waals surface area contributed by atoms with E-state index in [-0.39, 0.29) is 49.0 Å². The number of carboxylic acids is 1. The maximum Gasteiger partial charge on any atom is 0.322 e. The van der Waals surface area contributed by atoms with Crippen molar-refractivity contribution in [3.05, 3.63) is 65.7 Å². The molecule has 376 valence electrons. The number of hydrogen-bond donors (Lipinski definition) is 12. The molecule has 0 fully saturated rings. The molecule has 7 atom stereocenters. The van der Waals surface area contributed by atoms with Crippen molar-refractivity contribution in [3.8, 4) is 5.75 Å². The van der Waals surface area contributed by atoms with E-state index >= 15 is 0 Å². The Morgan fingerprint density at radius 2 is 0.956 bits per heavy atom. The Labute approximate surface area is 403 Å². The summed E-state index contributed by atoms with van der Waals surface area (Å²) < 4.78 is 0. The van der Waals surface area contributed by atoms with Gasteiger partial charge >= 0.3 is 5.97 Å². The first-order chi connectivity index (χ1) is 31.9. The number of aromatic hydroxyl groups is 1. The lowest BCUT2D eigenvalue weighted by molar-refractivity contribution is -0.138. The Balaban J connectivity index is 2.23. The molecular formula is C47H71N9O11S. The Morgan fingerprint density at radius 3 is 1.46 bits per heavy atom. The molecule has 0 saturated carbocycles. The van der Waals surface area contributed by atoms with Gasteiger partial charge in [-0.05, 0) is 66.2 Å². The molecule has 8 amide bonds. The standard InChI is InChI=1S/C47H71N9O11S/c1-25(2)18-33(51-41(61)32(48)20-29-12-10-9-11-13-29)43(63)52-34(19-26(3)4)44(64)55-40(28(7)8)47(67)56-39(27(5)6)46(66)54-36(24-68)45(65)53-35(21-30-14-16-31(57)17-15-30)42(62)50-22-37(58)49-23-38(59)60/h9-17,25-28,32-36,39-40,57,68H,18-24,48H2,1-8H3,(H,49,58)(H,50,62)(H,51,61)(H,52,63)(H,53,65)(H,54,66)(H,55,64)(H,56,67)(H,59,60). The topological polar surface area (TPSA) is 316 Å². The molecule has 0 spiro atoms. The first-order valence-electron chi connectivity index (χ1n) is 22.7. The van der Waals surface area contributed by atoms with Crippen LogP contribution >= 0.6 is 12.6 Å². The highest BCUT2D eigenvalue weighted by Crippen LogP contribution is 2.14. The predicted octanol–water partition coefficient (Wildman–Crippen LogP) is 0.0645. The number of rotatable bonds is 28. The predicted molar refractivity (Wildman–Crippen MR) is 258 cm³/mol. The zero-order valence-corrected chi connectivity index (χ0v) is 41.0. The Bertz CT molecular complexity index is 2020. The second kappa shape index (κ2) is 28.8. The van der Waals surface area contributed by atoms with E-state index in [4.69, 9.17) is 10.8 Å². The molecule has 0 radical (unpaired) electrons. The number of phenolic OH excluding ortho intramolecular Hbond substituents is 1. The van der Waals surface area contributed by atoms with Gasteiger partial charge in [-0.1, -0.05) is 97.9 Å². The second-order valence-corrected chi connectivity index (χ2v) is 18.6. The van der Waals surface area contributed by atoms with E-state index in [1.54, 1.807) is 27.7 Å². The van der Waals surface area contributed by atoms with Crippen LogP contribution in [0.15, 0.2) is 54.6 Å². The Kier molecular flexibility index (Phi) is 24.6. The first-order valence-corrected chi connectivity index (χ1v) is 23.3. The molecule has 7 unspecified atom stereocenters. The highest BCUT2D eigenvalue weighted by atomic mass is 32.1. The molecule has 0 aromatic heterocycles. The van der Waals surface area contributed by atoms with Gasteiger partial charge in [0.05, 0.1) is 12.6 Å².